The molecule has 0 aromatic carbocycles. The van der Waals surface area contributed by atoms with Crippen molar-refractivity contribution in [1.29, 1.82) is 0 Å². The van der Waals surface area contributed by atoms with Crippen molar-refractivity contribution in [2.24, 2.45) is 0 Å². The Bertz CT molecular complexity index is 182. The Morgan fingerprint density at radius 1 is 1.40 bits per heavy atom. The number of nitrogens with zero attached hydrogens (tertiary/aromatic N) is 1. The van der Waals surface area contributed by atoms with Crippen molar-refractivity contribution in [3.8, 4) is 0 Å². The predicted octanol–water partition coefficient (Wildman–Crippen LogP) is 1.22. The molecule has 0 aromatic heterocycles. The maximum Gasteiger partial charge on any atom is 0.0791 e. The highest BCUT2D eigenvalue weighted by Gasteiger charge is 2.26. The summed E-state index contributed by atoms with van der Waals surface area (Å²) in [5.74, 6) is 0. The highest BCUT2D eigenvalue weighted by molar-refractivity contribution is 4.87. The van der Waals surface area contributed by atoms with E-state index in [0.29, 0.717) is 0 Å². The van der Waals surface area contributed by atoms with E-state index in [1.165, 1.54) is 19.3 Å². The van der Waals surface area contributed by atoms with Crippen molar-refractivity contribution in [3.63, 3.8) is 0 Å². The van der Waals surface area contributed by atoms with Crippen LogP contribution in [0.3, 0.4) is 0 Å². The molecule has 3 heteroatoms. The first-order chi connectivity index (χ1) is 7.03. The highest BCUT2D eigenvalue weighted by Crippen LogP contribution is 2.11. The van der Waals surface area contributed by atoms with Crippen molar-refractivity contribution in [1.82, 2.24) is 10.2 Å². The second kappa shape index (κ2) is 5.83. The summed E-state index contributed by atoms with van der Waals surface area (Å²) in [7, 11) is 0. The summed E-state index contributed by atoms with van der Waals surface area (Å²) in [4.78, 5) is 2.39. The van der Waals surface area contributed by atoms with Crippen LogP contribution in [0.5, 0.6) is 0 Å². The van der Waals surface area contributed by atoms with Crippen molar-refractivity contribution in [2.75, 3.05) is 26.2 Å². The van der Waals surface area contributed by atoms with Gasteiger partial charge < -0.3 is 10.4 Å². The van der Waals surface area contributed by atoms with Gasteiger partial charge in [-0.05, 0) is 26.8 Å². The lowest BCUT2D eigenvalue weighted by atomic mass is 10.1. The molecule has 0 radical (unpaired) electrons. The van der Waals surface area contributed by atoms with Crippen LogP contribution in [-0.4, -0.2) is 47.8 Å². The molecular formula is C12H26N2O. The Morgan fingerprint density at radius 2 is 2.13 bits per heavy atom. The fourth-order valence-corrected chi connectivity index (χ4v) is 2.19. The molecule has 1 unspecified atom stereocenters. The second-order valence-corrected chi connectivity index (χ2v) is 5.36. The molecule has 15 heavy (non-hydrogen) atoms. The number of nitrogens with one attached hydrogen (secondary N) is 1. The molecule has 0 spiro atoms. The van der Waals surface area contributed by atoms with Crippen molar-refractivity contribution >= 4 is 0 Å². The van der Waals surface area contributed by atoms with Gasteiger partial charge in [-0.15, -0.1) is 0 Å². The molecule has 0 amide bonds. The van der Waals surface area contributed by atoms with Gasteiger partial charge in [0.25, 0.3) is 0 Å². The van der Waals surface area contributed by atoms with E-state index in [4.69, 9.17) is 0 Å². The van der Waals surface area contributed by atoms with Gasteiger partial charge in [0.2, 0.25) is 0 Å². The summed E-state index contributed by atoms with van der Waals surface area (Å²) in [6.07, 6.45) is 3.59. The SMILES string of the molecule is CCCCCN1CC(O)CNC(C)(C)C1. The Hall–Kier alpha value is -0.120. The molecular weight excluding hydrogens is 188 g/mol. The third-order valence-corrected chi connectivity index (χ3v) is 2.98. The van der Waals surface area contributed by atoms with Crippen LogP contribution in [0, 0.1) is 0 Å². The van der Waals surface area contributed by atoms with Gasteiger partial charge in [0.1, 0.15) is 0 Å². The molecule has 0 aromatic rings. The molecule has 1 fully saturated rings. The molecule has 0 bridgehead atoms. The van der Waals surface area contributed by atoms with Gasteiger partial charge in [-0.3, -0.25) is 4.90 Å². The van der Waals surface area contributed by atoms with Crippen molar-refractivity contribution in [2.45, 2.75) is 51.7 Å². The first-order valence-electron chi connectivity index (χ1n) is 6.19. The molecule has 2 N–H and O–H groups in total. The van der Waals surface area contributed by atoms with Gasteiger partial charge in [-0.25, -0.2) is 0 Å². The summed E-state index contributed by atoms with van der Waals surface area (Å²) in [5.41, 5.74) is 0.129. The summed E-state index contributed by atoms with van der Waals surface area (Å²) < 4.78 is 0. The Balaban J connectivity index is 2.39. The molecule has 0 aliphatic carbocycles. The van der Waals surface area contributed by atoms with E-state index in [1.807, 2.05) is 0 Å². The van der Waals surface area contributed by atoms with Crippen molar-refractivity contribution < 1.29 is 5.11 Å². The highest BCUT2D eigenvalue weighted by atomic mass is 16.3. The minimum absolute atomic E-state index is 0.129. The normalized spacial score (nSPS) is 27.6. The number of hydrogen-bond donors (Lipinski definition) is 2. The van der Waals surface area contributed by atoms with Crippen LogP contribution >= 0.6 is 0 Å². The minimum atomic E-state index is -0.214. The summed E-state index contributed by atoms with van der Waals surface area (Å²) >= 11 is 0. The van der Waals surface area contributed by atoms with Crippen LogP contribution in [0.2, 0.25) is 0 Å². The second-order valence-electron chi connectivity index (χ2n) is 5.36. The Labute approximate surface area is 93.9 Å². The minimum Gasteiger partial charge on any atom is -0.390 e. The van der Waals surface area contributed by atoms with E-state index in [0.717, 1.165) is 26.2 Å². The molecule has 1 atom stereocenters. The topological polar surface area (TPSA) is 35.5 Å². The lowest BCUT2D eigenvalue weighted by molar-refractivity contribution is 0.128. The maximum absolute atomic E-state index is 9.74. The van der Waals surface area contributed by atoms with Gasteiger partial charge in [0.05, 0.1) is 6.10 Å². The van der Waals surface area contributed by atoms with Crippen LogP contribution in [0.15, 0.2) is 0 Å². The van der Waals surface area contributed by atoms with Gasteiger partial charge in [0.15, 0.2) is 0 Å². The first kappa shape index (κ1) is 12.9. The number of hydrogen-bond acceptors (Lipinski definition) is 3. The van der Waals surface area contributed by atoms with E-state index in [1.54, 1.807) is 0 Å². The lowest BCUT2D eigenvalue weighted by Crippen LogP contribution is -2.46. The molecule has 1 rings (SSSR count). The van der Waals surface area contributed by atoms with E-state index in [9.17, 15) is 5.11 Å². The summed E-state index contributed by atoms with van der Waals surface area (Å²) in [6, 6.07) is 0. The largest absolute Gasteiger partial charge is 0.390 e. The zero-order chi connectivity index (χ0) is 11.3. The third kappa shape index (κ3) is 4.96. The average molecular weight is 214 g/mol. The quantitative estimate of drug-likeness (QED) is 0.691. The fourth-order valence-electron chi connectivity index (χ4n) is 2.19. The predicted molar refractivity (Wildman–Crippen MR) is 64.1 cm³/mol. The monoisotopic (exact) mass is 214 g/mol. The van der Waals surface area contributed by atoms with Crippen LogP contribution in [-0.2, 0) is 0 Å². The number of β-amino-alcohol motifs (C(OH)–C–C–N with tert-alkyl or cyclic N) is 1. The maximum atomic E-state index is 9.74. The first-order valence-corrected chi connectivity index (χ1v) is 6.19. The molecule has 0 saturated carbocycles. The zero-order valence-corrected chi connectivity index (χ0v) is 10.4. The standard InChI is InChI=1S/C12H26N2O/c1-4-5-6-7-14-9-11(15)8-13-12(2,3)10-14/h11,13,15H,4-10H2,1-3H3. The molecule has 90 valence electrons. The molecule has 1 saturated heterocycles. The molecule has 1 aliphatic rings. The summed E-state index contributed by atoms with van der Waals surface area (Å²) in [6.45, 7) is 10.3. The van der Waals surface area contributed by atoms with Gasteiger partial charge in [-0.1, -0.05) is 19.8 Å². The smallest absolute Gasteiger partial charge is 0.0791 e. The number of aliphatic hydroxyl groups is 1. The van der Waals surface area contributed by atoms with Crippen LogP contribution in [0.1, 0.15) is 40.0 Å². The van der Waals surface area contributed by atoms with Crippen LogP contribution in [0.25, 0.3) is 0 Å². The van der Waals surface area contributed by atoms with Gasteiger partial charge >= 0.3 is 0 Å². The van der Waals surface area contributed by atoms with Crippen LogP contribution < -0.4 is 5.32 Å². The summed E-state index contributed by atoms with van der Waals surface area (Å²) in [5, 5.41) is 13.1. The van der Waals surface area contributed by atoms with E-state index < -0.39 is 0 Å². The molecule has 3 nitrogen and oxygen atoms in total. The fraction of sp³-hybridized carbons (Fsp3) is 1.00. The van der Waals surface area contributed by atoms with Gasteiger partial charge in [0, 0.05) is 25.2 Å². The third-order valence-electron chi connectivity index (χ3n) is 2.98. The van der Waals surface area contributed by atoms with Gasteiger partial charge in [-0.2, -0.15) is 0 Å². The van der Waals surface area contributed by atoms with Crippen molar-refractivity contribution in [3.05, 3.63) is 0 Å². The lowest BCUT2D eigenvalue weighted by Gasteiger charge is -2.29. The Kier molecular flexibility index (Phi) is 5.03. The Morgan fingerprint density at radius 3 is 2.80 bits per heavy atom. The van der Waals surface area contributed by atoms with E-state index >= 15 is 0 Å². The number of aliphatic hydroxyl groups excluding tert-OH is 1. The van der Waals surface area contributed by atoms with Crippen LogP contribution in [0.4, 0.5) is 0 Å². The van der Waals surface area contributed by atoms with E-state index in [-0.39, 0.29) is 11.6 Å². The number of rotatable bonds is 4. The molecule has 1 heterocycles. The van der Waals surface area contributed by atoms with E-state index in [2.05, 4.69) is 31.0 Å². The molecule has 1 aliphatic heterocycles. The number of unbranched alkanes of at least 4 members (excludes halogenated alkanes) is 2. The average Bonchev–Trinajstić information content (AvgIpc) is 2.26. The zero-order valence-electron chi connectivity index (χ0n) is 10.4.